The third-order valence-corrected chi connectivity index (χ3v) is 5.24. The van der Waals surface area contributed by atoms with Crippen molar-refractivity contribution in [1.29, 1.82) is 0 Å². The van der Waals surface area contributed by atoms with E-state index >= 15 is 0 Å². The Hall–Kier alpha value is -2.63. The molecule has 1 aliphatic heterocycles. The van der Waals surface area contributed by atoms with Crippen LogP contribution in [0.25, 0.3) is 0 Å². The Bertz CT molecular complexity index is 941. The normalized spacial score (nSPS) is 15.8. The molecule has 1 amide bonds. The summed E-state index contributed by atoms with van der Waals surface area (Å²) >= 11 is 0. The molecule has 1 fully saturated rings. The molecule has 0 spiro atoms. The van der Waals surface area contributed by atoms with Crippen molar-refractivity contribution in [2.75, 3.05) is 39.1 Å². The van der Waals surface area contributed by atoms with Gasteiger partial charge in [-0.1, -0.05) is 24.3 Å². The number of benzene rings is 2. The second-order valence-corrected chi connectivity index (χ2v) is 7.74. The minimum Gasteiger partial charge on any atom is -0.433 e. The van der Waals surface area contributed by atoms with Crippen molar-refractivity contribution in [3.05, 3.63) is 59.7 Å². The standard InChI is InChI=1S/C23H29F2N5O2.HI/c1-26-23(27-14-16-8-10-17(11-9-16)21(31)29(2)3)28-18-12-13-30(15-18)19-6-4-5-7-20(19)32-22(24)25;/h4-11,18,22H,12-15H2,1-3H3,(H2,26,27,28);1H. The lowest BCUT2D eigenvalue weighted by Gasteiger charge is -2.22. The first kappa shape index (κ1) is 26.6. The van der Waals surface area contributed by atoms with E-state index in [0.717, 1.165) is 18.5 Å². The van der Waals surface area contributed by atoms with Gasteiger partial charge in [-0.3, -0.25) is 9.79 Å². The minimum atomic E-state index is -2.86. The lowest BCUT2D eigenvalue weighted by molar-refractivity contribution is -0.0495. The monoisotopic (exact) mass is 573 g/mol. The Labute approximate surface area is 210 Å². The van der Waals surface area contributed by atoms with Crippen molar-refractivity contribution >= 4 is 41.5 Å². The van der Waals surface area contributed by atoms with Gasteiger partial charge in [-0.15, -0.1) is 24.0 Å². The predicted molar refractivity (Wildman–Crippen MR) is 137 cm³/mol. The summed E-state index contributed by atoms with van der Waals surface area (Å²) in [5.41, 5.74) is 2.32. The number of aliphatic imine (C=N–C) groups is 1. The highest BCUT2D eigenvalue weighted by Gasteiger charge is 2.26. The molecule has 0 aliphatic carbocycles. The zero-order valence-electron chi connectivity index (χ0n) is 18.9. The van der Waals surface area contributed by atoms with Crippen molar-refractivity contribution in [3.8, 4) is 5.75 Å². The predicted octanol–water partition coefficient (Wildman–Crippen LogP) is 3.55. The number of para-hydroxylation sites is 2. The summed E-state index contributed by atoms with van der Waals surface area (Å²) in [5, 5.41) is 6.67. The number of hydrogen-bond donors (Lipinski definition) is 2. The summed E-state index contributed by atoms with van der Waals surface area (Å²) in [6.45, 7) is -0.936. The molecule has 0 bridgehead atoms. The first-order chi connectivity index (χ1) is 15.4. The molecular weight excluding hydrogens is 543 g/mol. The molecule has 7 nitrogen and oxygen atoms in total. The molecule has 33 heavy (non-hydrogen) atoms. The number of halogens is 3. The van der Waals surface area contributed by atoms with E-state index in [1.54, 1.807) is 44.2 Å². The second-order valence-electron chi connectivity index (χ2n) is 7.74. The summed E-state index contributed by atoms with van der Waals surface area (Å²) in [4.78, 5) is 19.9. The van der Waals surface area contributed by atoms with Crippen molar-refractivity contribution in [3.63, 3.8) is 0 Å². The van der Waals surface area contributed by atoms with Crippen molar-refractivity contribution in [1.82, 2.24) is 15.5 Å². The molecule has 2 aromatic rings. The summed E-state index contributed by atoms with van der Waals surface area (Å²) in [7, 11) is 5.15. The number of hydrogen-bond acceptors (Lipinski definition) is 4. The summed E-state index contributed by atoms with van der Waals surface area (Å²) < 4.78 is 30.1. The van der Waals surface area contributed by atoms with Gasteiger partial charge in [0.15, 0.2) is 5.96 Å². The maximum atomic E-state index is 12.7. The smallest absolute Gasteiger partial charge is 0.387 e. The van der Waals surface area contributed by atoms with Gasteiger partial charge in [0, 0.05) is 52.4 Å². The zero-order valence-corrected chi connectivity index (χ0v) is 21.3. The van der Waals surface area contributed by atoms with Crippen molar-refractivity contribution in [2.24, 2.45) is 4.99 Å². The van der Waals surface area contributed by atoms with E-state index in [4.69, 9.17) is 0 Å². The molecule has 0 saturated carbocycles. The SMILES string of the molecule is CN=C(NCc1ccc(C(=O)N(C)C)cc1)NC1CCN(c2ccccc2OC(F)F)C1.I. The van der Waals surface area contributed by atoms with Gasteiger partial charge >= 0.3 is 6.61 Å². The van der Waals surface area contributed by atoms with Crippen LogP contribution in [0.2, 0.25) is 0 Å². The molecule has 1 unspecified atom stereocenters. The molecule has 0 aromatic heterocycles. The fourth-order valence-corrected chi connectivity index (χ4v) is 3.61. The van der Waals surface area contributed by atoms with Crippen LogP contribution in [0.5, 0.6) is 5.75 Å². The number of carbonyl (C=O) groups excluding carboxylic acids is 1. The maximum Gasteiger partial charge on any atom is 0.387 e. The highest BCUT2D eigenvalue weighted by atomic mass is 127. The number of nitrogens with one attached hydrogen (secondary N) is 2. The Kier molecular flexibility index (Phi) is 10.1. The molecule has 1 saturated heterocycles. The van der Waals surface area contributed by atoms with Gasteiger partial charge in [-0.2, -0.15) is 8.78 Å². The topological polar surface area (TPSA) is 69.2 Å². The fourth-order valence-electron chi connectivity index (χ4n) is 3.61. The Balaban J connectivity index is 0.00000385. The molecular formula is C23H30F2IN5O2. The van der Waals surface area contributed by atoms with Gasteiger partial charge in [0.2, 0.25) is 0 Å². The van der Waals surface area contributed by atoms with Gasteiger partial charge in [0.1, 0.15) is 5.75 Å². The van der Waals surface area contributed by atoms with E-state index < -0.39 is 6.61 Å². The van der Waals surface area contributed by atoms with E-state index in [1.165, 1.54) is 0 Å². The van der Waals surface area contributed by atoms with Crippen LogP contribution in [0.1, 0.15) is 22.3 Å². The average molecular weight is 573 g/mol. The van der Waals surface area contributed by atoms with E-state index in [-0.39, 0.29) is 41.7 Å². The van der Waals surface area contributed by atoms with Crippen molar-refractivity contribution in [2.45, 2.75) is 25.6 Å². The zero-order chi connectivity index (χ0) is 23.1. The van der Waals surface area contributed by atoms with Gasteiger partial charge in [-0.25, -0.2) is 0 Å². The number of alkyl halides is 2. The average Bonchev–Trinajstić information content (AvgIpc) is 3.24. The highest BCUT2D eigenvalue weighted by Crippen LogP contribution is 2.31. The number of guanidine groups is 1. The summed E-state index contributed by atoms with van der Waals surface area (Å²) in [6, 6.07) is 14.4. The molecule has 10 heteroatoms. The number of rotatable bonds is 7. The first-order valence-electron chi connectivity index (χ1n) is 10.4. The number of amides is 1. The van der Waals surface area contributed by atoms with Gasteiger partial charge in [-0.05, 0) is 36.2 Å². The van der Waals surface area contributed by atoms with Crippen LogP contribution in [0.3, 0.4) is 0 Å². The molecule has 1 atom stereocenters. The van der Waals surface area contributed by atoms with E-state index in [9.17, 15) is 13.6 Å². The lowest BCUT2D eigenvalue weighted by atomic mass is 10.1. The van der Waals surface area contributed by atoms with Gasteiger partial charge in [0.05, 0.1) is 5.69 Å². The Morgan fingerprint density at radius 2 is 1.91 bits per heavy atom. The molecule has 1 heterocycles. The third kappa shape index (κ3) is 7.44. The van der Waals surface area contributed by atoms with E-state index in [1.807, 2.05) is 35.2 Å². The number of anilines is 1. The van der Waals surface area contributed by atoms with Crippen LogP contribution < -0.4 is 20.3 Å². The fraction of sp³-hybridized carbons (Fsp3) is 0.391. The van der Waals surface area contributed by atoms with Crippen LogP contribution in [-0.2, 0) is 6.54 Å². The van der Waals surface area contributed by atoms with Gasteiger partial charge in [0.25, 0.3) is 5.91 Å². The first-order valence-corrected chi connectivity index (χ1v) is 10.4. The second kappa shape index (κ2) is 12.6. The quantitative estimate of drug-likeness (QED) is 0.302. The number of ether oxygens (including phenoxy) is 1. The molecule has 0 radical (unpaired) electrons. The number of carbonyl (C=O) groups is 1. The Morgan fingerprint density at radius 3 is 2.55 bits per heavy atom. The molecule has 1 aliphatic rings. The Morgan fingerprint density at radius 1 is 1.21 bits per heavy atom. The highest BCUT2D eigenvalue weighted by molar-refractivity contribution is 14.0. The largest absolute Gasteiger partial charge is 0.433 e. The van der Waals surface area contributed by atoms with E-state index in [2.05, 4.69) is 20.4 Å². The van der Waals surface area contributed by atoms with Crippen LogP contribution >= 0.6 is 24.0 Å². The molecule has 3 rings (SSSR count). The van der Waals surface area contributed by atoms with Crippen LogP contribution in [0.4, 0.5) is 14.5 Å². The molecule has 180 valence electrons. The van der Waals surface area contributed by atoms with Crippen molar-refractivity contribution < 1.29 is 18.3 Å². The van der Waals surface area contributed by atoms with Crippen LogP contribution in [-0.4, -0.2) is 63.7 Å². The van der Waals surface area contributed by atoms with Crippen LogP contribution in [0, 0.1) is 0 Å². The lowest BCUT2D eigenvalue weighted by Crippen LogP contribution is -2.44. The third-order valence-electron chi connectivity index (χ3n) is 5.24. The summed E-state index contributed by atoms with van der Waals surface area (Å²) in [6.07, 6.45) is 0.838. The molecule has 2 N–H and O–H groups in total. The number of nitrogens with zero attached hydrogens (tertiary/aromatic N) is 3. The molecule has 2 aromatic carbocycles. The van der Waals surface area contributed by atoms with Gasteiger partial charge < -0.3 is 25.2 Å². The minimum absolute atomic E-state index is 0. The van der Waals surface area contributed by atoms with E-state index in [0.29, 0.717) is 30.3 Å². The summed E-state index contributed by atoms with van der Waals surface area (Å²) in [5.74, 6) is 0.803. The maximum absolute atomic E-state index is 12.7. The van der Waals surface area contributed by atoms with Crippen LogP contribution in [0.15, 0.2) is 53.5 Å².